The van der Waals surface area contributed by atoms with Crippen molar-refractivity contribution in [1.29, 1.82) is 0 Å². The molecule has 30 heavy (non-hydrogen) atoms. The van der Waals surface area contributed by atoms with Gasteiger partial charge in [0.1, 0.15) is 5.82 Å². The van der Waals surface area contributed by atoms with Crippen LogP contribution in [0.4, 0.5) is 15.8 Å². The average molecular weight is 449 g/mol. The van der Waals surface area contributed by atoms with Crippen molar-refractivity contribution < 1.29 is 27.5 Å². The van der Waals surface area contributed by atoms with Gasteiger partial charge in [-0.3, -0.25) is 9.52 Å². The summed E-state index contributed by atoms with van der Waals surface area (Å²) in [5, 5.41) is 11.8. The van der Waals surface area contributed by atoms with Gasteiger partial charge in [-0.15, -0.1) is 0 Å². The van der Waals surface area contributed by atoms with E-state index in [4.69, 9.17) is 16.7 Å². The number of carbonyl (C=O) groups excluding carboxylic acids is 1. The van der Waals surface area contributed by atoms with Crippen molar-refractivity contribution in [3.05, 3.63) is 88.7 Å². The third-order valence-electron chi connectivity index (χ3n) is 3.98. The van der Waals surface area contributed by atoms with Gasteiger partial charge >= 0.3 is 5.97 Å². The molecule has 10 heteroatoms. The minimum Gasteiger partial charge on any atom is -0.478 e. The van der Waals surface area contributed by atoms with Crippen LogP contribution in [0.1, 0.15) is 20.7 Å². The quantitative estimate of drug-likeness (QED) is 0.522. The molecular weight excluding hydrogens is 435 g/mol. The summed E-state index contributed by atoms with van der Waals surface area (Å²) < 4.78 is 41.1. The maximum Gasteiger partial charge on any atom is 0.335 e. The monoisotopic (exact) mass is 448 g/mol. The number of aromatic carboxylic acids is 1. The number of carboxylic acid groups (broad SMARTS) is 1. The number of hydrogen-bond acceptors (Lipinski definition) is 4. The third kappa shape index (κ3) is 4.94. The topological polar surface area (TPSA) is 113 Å². The normalized spacial score (nSPS) is 11.0. The predicted octanol–water partition coefficient (Wildman–Crippen LogP) is 4.23. The van der Waals surface area contributed by atoms with Gasteiger partial charge in [0.15, 0.2) is 0 Å². The molecule has 0 saturated carbocycles. The van der Waals surface area contributed by atoms with Crippen LogP contribution in [0.3, 0.4) is 0 Å². The van der Waals surface area contributed by atoms with E-state index in [1.165, 1.54) is 48.5 Å². The van der Waals surface area contributed by atoms with Crippen LogP contribution in [0.5, 0.6) is 0 Å². The van der Waals surface area contributed by atoms with E-state index in [1.807, 2.05) is 0 Å². The van der Waals surface area contributed by atoms with Gasteiger partial charge in [-0.1, -0.05) is 11.6 Å². The summed E-state index contributed by atoms with van der Waals surface area (Å²) >= 11 is 5.76. The van der Waals surface area contributed by atoms with Gasteiger partial charge in [0.2, 0.25) is 0 Å². The van der Waals surface area contributed by atoms with E-state index in [2.05, 4.69) is 10.0 Å². The number of nitrogens with one attached hydrogen (secondary N) is 2. The first-order valence-electron chi connectivity index (χ1n) is 8.38. The van der Waals surface area contributed by atoms with E-state index in [0.29, 0.717) is 5.02 Å². The summed E-state index contributed by atoms with van der Waals surface area (Å²) in [6, 6.07) is 13.7. The molecule has 0 spiro atoms. The van der Waals surface area contributed by atoms with Gasteiger partial charge in [-0.05, 0) is 66.7 Å². The maximum atomic E-state index is 13.7. The first kappa shape index (κ1) is 21.3. The first-order valence-corrected chi connectivity index (χ1v) is 10.2. The lowest BCUT2D eigenvalue weighted by molar-refractivity contribution is 0.0696. The maximum absolute atomic E-state index is 13.7. The van der Waals surface area contributed by atoms with Crippen LogP contribution in [0, 0.1) is 5.82 Å². The SMILES string of the molecule is O=C(O)c1ccc(NC(=O)c2ccc(F)cc2NS(=O)(=O)c2ccc(Cl)cc2)cc1. The van der Waals surface area contributed by atoms with Crippen LogP contribution >= 0.6 is 11.6 Å². The Bertz CT molecular complexity index is 1210. The molecule has 0 unspecified atom stereocenters. The Balaban J connectivity index is 1.88. The number of amides is 1. The van der Waals surface area contributed by atoms with Crippen LogP contribution in [-0.4, -0.2) is 25.4 Å². The van der Waals surface area contributed by atoms with E-state index >= 15 is 0 Å². The van der Waals surface area contributed by atoms with Crippen molar-refractivity contribution in [2.24, 2.45) is 0 Å². The lowest BCUT2D eigenvalue weighted by atomic mass is 10.1. The number of carboxylic acids is 1. The fourth-order valence-corrected chi connectivity index (χ4v) is 3.71. The molecule has 3 aromatic carbocycles. The molecule has 0 bridgehead atoms. The number of benzene rings is 3. The van der Waals surface area contributed by atoms with Gasteiger partial charge in [-0.25, -0.2) is 17.6 Å². The zero-order valence-corrected chi connectivity index (χ0v) is 16.7. The molecule has 0 radical (unpaired) electrons. The minimum absolute atomic E-state index is 0.0335. The number of halogens is 2. The molecule has 1 amide bonds. The Morgan fingerprint density at radius 3 is 2.17 bits per heavy atom. The van der Waals surface area contributed by atoms with E-state index in [-0.39, 0.29) is 27.4 Å². The average Bonchev–Trinajstić information content (AvgIpc) is 2.68. The summed E-state index contributed by atoms with van der Waals surface area (Å²) in [5.41, 5.74) is -0.0760. The summed E-state index contributed by atoms with van der Waals surface area (Å²) in [6.07, 6.45) is 0. The highest BCUT2D eigenvalue weighted by molar-refractivity contribution is 7.92. The molecule has 7 nitrogen and oxygen atoms in total. The Hall–Kier alpha value is -3.43. The lowest BCUT2D eigenvalue weighted by Crippen LogP contribution is -2.19. The fourth-order valence-electron chi connectivity index (χ4n) is 2.51. The van der Waals surface area contributed by atoms with Crippen LogP contribution in [0.2, 0.25) is 5.02 Å². The molecule has 0 heterocycles. The van der Waals surface area contributed by atoms with E-state index in [9.17, 15) is 22.4 Å². The predicted molar refractivity (Wildman–Crippen MR) is 110 cm³/mol. The summed E-state index contributed by atoms with van der Waals surface area (Å²) in [4.78, 5) is 23.4. The zero-order chi connectivity index (χ0) is 21.9. The van der Waals surface area contributed by atoms with Crippen molar-refractivity contribution >= 4 is 44.9 Å². The Kier molecular flexibility index (Phi) is 6.04. The van der Waals surface area contributed by atoms with Crippen molar-refractivity contribution in [1.82, 2.24) is 0 Å². The van der Waals surface area contributed by atoms with Gasteiger partial charge in [0, 0.05) is 10.7 Å². The lowest BCUT2D eigenvalue weighted by Gasteiger charge is -2.13. The van der Waals surface area contributed by atoms with Crippen molar-refractivity contribution in [2.45, 2.75) is 4.90 Å². The van der Waals surface area contributed by atoms with Crippen LogP contribution in [0.15, 0.2) is 71.6 Å². The molecule has 154 valence electrons. The van der Waals surface area contributed by atoms with Crippen LogP contribution in [0.25, 0.3) is 0 Å². The highest BCUT2D eigenvalue weighted by Gasteiger charge is 2.20. The molecule has 0 aliphatic rings. The van der Waals surface area contributed by atoms with Crippen LogP contribution < -0.4 is 10.0 Å². The molecule has 0 aliphatic heterocycles. The second-order valence-corrected chi connectivity index (χ2v) is 8.20. The standard InChI is InChI=1S/C20H14ClFN2O5S/c21-13-3-8-16(9-4-13)30(28,29)24-18-11-14(22)5-10-17(18)19(25)23-15-6-1-12(2-7-15)20(26)27/h1-11,24H,(H,23,25)(H,26,27). The van der Waals surface area contributed by atoms with Gasteiger partial charge < -0.3 is 10.4 Å². The number of rotatable bonds is 6. The van der Waals surface area contributed by atoms with Gasteiger partial charge in [0.25, 0.3) is 15.9 Å². The second kappa shape index (κ2) is 8.52. The van der Waals surface area contributed by atoms with Gasteiger partial charge in [-0.2, -0.15) is 0 Å². The van der Waals surface area contributed by atoms with E-state index < -0.39 is 27.7 Å². The summed E-state index contributed by atoms with van der Waals surface area (Å²) in [6.45, 7) is 0. The van der Waals surface area contributed by atoms with E-state index in [0.717, 1.165) is 18.2 Å². The Morgan fingerprint density at radius 2 is 1.57 bits per heavy atom. The summed E-state index contributed by atoms with van der Waals surface area (Å²) in [7, 11) is -4.11. The third-order valence-corrected chi connectivity index (χ3v) is 5.62. The van der Waals surface area contributed by atoms with Crippen molar-refractivity contribution in [3.63, 3.8) is 0 Å². The fraction of sp³-hybridized carbons (Fsp3) is 0. The molecule has 3 rings (SSSR count). The highest BCUT2D eigenvalue weighted by atomic mass is 35.5. The number of carbonyl (C=O) groups is 2. The highest BCUT2D eigenvalue weighted by Crippen LogP contribution is 2.24. The molecule has 3 N–H and O–H groups in total. The first-order chi connectivity index (χ1) is 14.2. The molecule has 0 atom stereocenters. The largest absolute Gasteiger partial charge is 0.478 e. The zero-order valence-electron chi connectivity index (χ0n) is 15.1. The number of hydrogen-bond donors (Lipinski definition) is 3. The van der Waals surface area contributed by atoms with Gasteiger partial charge in [0.05, 0.1) is 21.7 Å². The Morgan fingerprint density at radius 1 is 0.933 bits per heavy atom. The minimum atomic E-state index is -4.11. The van der Waals surface area contributed by atoms with E-state index in [1.54, 1.807) is 0 Å². The smallest absolute Gasteiger partial charge is 0.335 e. The summed E-state index contributed by atoms with van der Waals surface area (Å²) in [5.74, 6) is -2.58. The molecular formula is C20H14ClFN2O5S. The number of anilines is 2. The molecule has 0 aliphatic carbocycles. The Labute approximate surface area is 176 Å². The molecule has 0 saturated heterocycles. The molecule has 0 aromatic heterocycles. The van der Waals surface area contributed by atoms with Crippen LogP contribution in [-0.2, 0) is 10.0 Å². The number of sulfonamides is 1. The second-order valence-electron chi connectivity index (χ2n) is 6.09. The molecule has 0 fully saturated rings. The van der Waals surface area contributed by atoms with Crippen molar-refractivity contribution in [3.8, 4) is 0 Å². The molecule has 3 aromatic rings. The van der Waals surface area contributed by atoms with Crippen molar-refractivity contribution in [2.75, 3.05) is 10.0 Å².